The predicted octanol–water partition coefficient (Wildman–Crippen LogP) is 12.2. The number of hydrogen-bond donors (Lipinski definition) is 0. The average Bonchev–Trinajstić information content (AvgIpc) is 3.69. The number of benzene rings is 7. The van der Waals surface area contributed by atoms with E-state index in [0.29, 0.717) is 0 Å². The summed E-state index contributed by atoms with van der Waals surface area (Å²) in [6.07, 6.45) is 0. The minimum Gasteiger partial charge on any atom is -0.308 e. The lowest BCUT2D eigenvalue weighted by atomic mass is 9.99. The van der Waals surface area contributed by atoms with Crippen LogP contribution in [0.25, 0.3) is 91.7 Å². The Bertz CT molecular complexity index is 2790. The summed E-state index contributed by atoms with van der Waals surface area (Å²) in [5, 5.41) is 10.2. The van der Waals surface area contributed by atoms with Crippen LogP contribution in [0.15, 0.2) is 158 Å². The number of hydrogen-bond acceptors (Lipinski definition) is 2. The van der Waals surface area contributed by atoms with Gasteiger partial charge in [-0.2, -0.15) is 0 Å². The molecule has 3 heteroatoms. The molecule has 3 heterocycles. The number of aromatic nitrogens is 2. The summed E-state index contributed by atoms with van der Waals surface area (Å²) < 4.78 is 5.12. The van der Waals surface area contributed by atoms with E-state index in [1.807, 2.05) is 11.3 Å². The monoisotopic (exact) mass is 602 g/mol. The minimum absolute atomic E-state index is 0.976. The molecule has 214 valence electrons. The second-order valence-corrected chi connectivity index (χ2v) is 13.0. The van der Waals surface area contributed by atoms with Crippen LogP contribution in [0.1, 0.15) is 0 Å². The van der Waals surface area contributed by atoms with Gasteiger partial charge >= 0.3 is 0 Å². The summed E-state index contributed by atoms with van der Waals surface area (Å²) in [5.41, 5.74) is 7.86. The van der Waals surface area contributed by atoms with Crippen molar-refractivity contribution < 1.29 is 0 Å². The van der Waals surface area contributed by atoms with Gasteiger partial charge in [0.25, 0.3) is 0 Å². The van der Waals surface area contributed by atoms with E-state index in [4.69, 9.17) is 4.98 Å². The van der Waals surface area contributed by atoms with Crippen LogP contribution in [0, 0.1) is 0 Å². The van der Waals surface area contributed by atoms with E-state index < -0.39 is 0 Å². The maximum absolute atomic E-state index is 5.23. The van der Waals surface area contributed by atoms with Crippen molar-refractivity contribution >= 4 is 74.9 Å². The van der Waals surface area contributed by atoms with E-state index >= 15 is 0 Å². The minimum atomic E-state index is 0.976. The summed E-state index contributed by atoms with van der Waals surface area (Å²) in [6, 6.07) is 56.8. The molecule has 0 radical (unpaired) electrons. The van der Waals surface area contributed by atoms with Crippen molar-refractivity contribution in [2.75, 3.05) is 0 Å². The lowest BCUT2D eigenvalue weighted by Gasteiger charge is -2.12. The van der Waals surface area contributed by atoms with Gasteiger partial charge in [-0.05, 0) is 46.5 Å². The van der Waals surface area contributed by atoms with Gasteiger partial charge in [0.15, 0.2) is 0 Å². The van der Waals surface area contributed by atoms with Gasteiger partial charge in [0.2, 0.25) is 0 Å². The Morgan fingerprint density at radius 2 is 1.11 bits per heavy atom. The SMILES string of the molecule is c1ccc(-c2nc(-c3ccc(-n4c5ccccc5c5c6ccccc6c6c7ccccc7sc6c54)cc3)cc3ccccc23)cc1. The summed E-state index contributed by atoms with van der Waals surface area (Å²) in [4.78, 5) is 5.23. The molecule has 0 saturated carbocycles. The third-order valence-corrected chi connectivity index (χ3v) is 10.5. The van der Waals surface area contributed by atoms with Crippen LogP contribution in [-0.2, 0) is 0 Å². The van der Waals surface area contributed by atoms with Crippen molar-refractivity contribution in [1.29, 1.82) is 0 Å². The number of para-hydroxylation sites is 1. The standard InChI is InChI=1S/C43H26N2S/c1-2-12-28(13-3-1)41-31-15-5-4-14-29(31)26-36(44-41)27-22-24-30(25-23-27)45-37-20-10-8-18-34(37)39-32-16-6-7-17-33(32)40-35-19-9-11-21-38(35)46-43(40)42(39)45/h1-26H. The Morgan fingerprint density at radius 3 is 1.91 bits per heavy atom. The van der Waals surface area contributed by atoms with Gasteiger partial charge in [0, 0.05) is 48.4 Å². The van der Waals surface area contributed by atoms with Crippen molar-refractivity contribution in [1.82, 2.24) is 9.55 Å². The summed E-state index contributed by atoms with van der Waals surface area (Å²) in [7, 11) is 0. The molecule has 0 aliphatic heterocycles. The molecule has 46 heavy (non-hydrogen) atoms. The molecule has 7 aromatic carbocycles. The Kier molecular flexibility index (Phi) is 5.48. The Balaban J connectivity index is 1.24. The van der Waals surface area contributed by atoms with Crippen LogP contribution in [0.3, 0.4) is 0 Å². The van der Waals surface area contributed by atoms with E-state index in [0.717, 1.165) is 28.2 Å². The Morgan fingerprint density at radius 1 is 0.478 bits per heavy atom. The lowest BCUT2D eigenvalue weighted by molar-refractivity contribution is 1.19. The van der Waals surface area contributed by atoms with Crippen LogP contribution < -0.4 is 0 Å². The van der Waals surface area contributed by atoms with Gasteiger partial charge in [-0.1, -0.05) is 127 Å². The topological polar surface area (TPSA) is 17.8 Å². The van der Waals surface area contributed by atoms with Crippen molar-refractivity contribution in [3.05, 3.63) is 158 Å². The fourth-order valence-corrected chi connectivity index (χ4v) is 8.60. The maximum atomic E-state index is 5.23. The number of nitrogens with zero attached hydrogens (tertiary/aromatic N) is 2. The molecule has 0 N–H and O–H groups in total. The van der Waals surface area contributed by atoms with E-state index in [2.05, 4.69) is 162 Å². The van der Waals surface area contributed by atoms with Crippen LogP contribution in [-0.4, -0.2) is 9.55 Å². The summed E-state index contributed by atoms with van der Waals surface area (Å²) in [6.45, 7) is 0. The zero-order chi connectivity index (χ0) is 30.2. The second kappa shape index (κ2) is 9.87. The number of fused-ring (bicyclic) bond motifs is 11. The van der Waals surface area contributed by atoms with Gasteiger partial charge in [0.05, 0.1) is 27.1 Å². The van der Waals surface area contributed by atoms with Crippen molar-refractivity contribution in [3.8, 4) is 28.2 Å². The van der Waals surface area contributed by atoms with Gasteiger partial charge in [-0.3, -0.25) is 0 Å². The third kappa shape index (κ3) is 3.67. The van der Waals surface area contributed by atoms with Crippen LogP contribution in [0.2, 0.25) is 0 Å². The predicted molar refractivity (Wildman–Crippen MR) is 197 cm³/mol. The number of rotatable bonds is 3. The molecule has 3 aromatic heterocycles. The molecule has 0 amide bonds. The van der Waals surface area contributed by atoms with E-state index in [1.165, 1.54) is 63.5 Å². The highest BCUT2D eigenvalue weighted by atomic mass is 32.1. The Labute approximate surface area is 269 Å². The fourth-order valence-electron chi connectivity index (χ4n) is 7.34. The zero-order valence-corrected chi connectivity index (χ0v) is 25.6. The Hall–Kier alpha value is -5.77. The number of thiophene rings is 1. The smallest absolute Gasteiger partial charge is 0.0787 e. The third-order valence-electron chi connectivity index (χ3n) is 9.36. The van der Waals surface area contributed by atoms with E-state index in [9.17, 15) is 0 Å². The first-order valence-corrected chi connectivity index (χ1v) is 16.5. The average molecular weight is 603 g/mol. The van der Waals surface area contributed by atoms with Gasteiger partial charge in [-0.25, -0.2) is 4.98 Å². The van der Waals surface area contributed by atoms with Gasteiger partial charge in [0.1, 0.15) is 0 Å². The first-order chi connectivity index (χ1) is 22.8. The first kappa shape index (κ1) is 25.5. The molecule has 0 aliphatic carbocycles. The highest BCUT2D eigenvalue weighted by Crippen LogP contribution is 2.47. The van der Waals surface area contributed by atoms with Crippen molar-refractivity contribution in [2.45, 2.75) is 0 Å². The molecule has 10 rings (SSSR count). The van der Waals surface area contributed by atoms with Gasteiger partial charge < -0.3 is 4.57 Å². The molecule has 2 nitrogen and oxygen atoms in total. The fraction of sp³-hybridized carbons (Fsp3) is 0. The molecular formula is C43H26N2S. The largest absolute Gasteiger partial charge is 0.308 e. The van der Waals surface area contributed by atoms with Crippen molar-refractivity contribution in [3.63, 3.8) is 0 Å². The second-order valence-electron chi connectivity index (χ2n) is 11.9. The lowest BCUT2D eigenvalue weighted by Crippen LogP contribution is -1.95. The molecule has 0 fully saturated rings. The molecule has 0 aliphatic rings. The summed E-state index contributed by atoms with van der Waals surface area (Å²) >= 11 is 1.90. The number of pyridine rings is 1. The van der Waals surface area contributed by atoms with Gasteiger partial charge in [-0.15, -0.1) is 11.3 Å². The molecule has 0 bridgehead atoms. The molecule has 0 unspecified atom stereocenters. The normalized spacial score (nSPS) is 11.9. The molecule has 0 spiro atoms. The molecule has 0 saturated heterocycles. The maximum Gasteiger partial charge on any atom is 0.0787 e. The first-order valence-electron chi connectivity index (χ1n) is 15.6. The van der Waals surface area contributed by atoms with Crippen LogP contribution in [0.5, 0.6) is 0 Å². The van der Waals surface area contributed by atoms with Crippen LogP contribution in [0.4, 0.5) is 0 Å². The van der Waals surface area contributed by atoms with Crippen molar-refractivity contribution in [2.24, 2.45) is 0 Å². The zero-order valence-electron chi connectivity index (χ0n) is 24.8. The van der Waals surface area contributed by atoms with E-state index in [1.54, 1.807) is 0 Å². The molecule has 0 atom stereocenters. The summed E-state index contributed by atoms with van der Waals surface area (Å²) in [5.74, 6) is 0. The highest BCUT2D eigenvalue weighted by Gasteiger charge is 2.21. The molecular weight excluding hydrogens is 577 g/mol. The highest BCUT2D eigenvalue weighted by molar-refractivity contribution is 7.27. The van der Waals surface area contributed by atoms with Crippen LogP contribution >= 0.6 is 11.3 Å². The molecule has 10 aromatic rings. The van der Waals surface area contributed by atoms with E-state index in [-0.39, 0.29) is 0 Å². The quantitative estimate of drug-likeness (QED) is 0.197.